The molecule has 120 valence electrons. The van der Waals surface area contributed by atoms with Gasteiger partial charge in [0.2, 0.25) is 0 Å². The average molecular weight is 335 g/mol. The van der Waals surface area contributed by atoms with Crippen LogP contribution in [0.3, 0.4) is 0 Å². The van der Waals surface area contributed by atoms with E-state index >= 15 is 0 Å². The van der Waals surface area contributed by atoms with E-state index in [4.69, 9.17) is 10.5 Å². The average Bonchev–Trinajstić information content (AvgIpc) is 3.02. The normalized spacial score (nSPS) is 10.4. The minimum absolute atomic E-state index is 0.261. The number of pyridine rings is 1. The summed E-state index contributed by atoms with van der Waals surface area (Å²) in [4.78, 5) is 5.55. The summed E-state index contributed by atoms with van der Waals surface area (Å²) in [5.41, 5.74) is 11.2. The minimum Gasteiger partial charge on any atom is -0.497 e. The first kappa shape index (κ1) is 16.0. The molecular weight excluding hydrogens is 318 g/mol. The number of aromatic nitrogens is 1. The fourth-order valence-corrected chi connectivity index (χ4v) is 3.79. The van der Waals surface area contributed by atoms with Crippen molar-refractivity contribution in [1.82, 2.24) is 4.98 Å². The molecule has 1 aromatic carbocycles. The highest BCUT2D eigenvalue weighted by atomic mass is 32.1. The smallest absolute Gasteiger partial charge is 0.142 e. The molecule has 5 heteroatoms. The minimum atomic E-state index is 0.261. The Labute approximate surface area is 145 Å². The summed E-state index contributed by atoms with van der Waals surface area (Å²) in [6.07, 6.45) is 0. The summed E-state index contributed by atoms with van der Waals surface area (Å²) in [5.74, 6) is 1.05. The van der Waals surface area contributed by atoms with Gasteiger partial charge in [0.25, 0.3) is 0 Å². The maximum atomic E-state index is 9.56. The maximum absolute atomic E-state index is 9.56. The molecule has 0 saturated carbocycles. The number of thiophene rings is 1. The van der Waals surface area contributed by atoms with Crippen LogP contribution in [0.25, 0.3) is 21.7 Å². The van der Waals surface area contributed by atoms with E-state index < -0.39 is 0 Å². The predicted octanol–water partition coefficient (Wildman–Crippen LogP) is 4.56. The zero-order valence-electron chi connectivity index (χ0n) is 13.8. The lowest BCUT2D eigenvalue weighted by molar-refractivity contribution is 0.415. The molecule has 0 atom stereocenters. The molecule has 0 radical (unpaired) electrons. The SMILES string of the molecule is COc1ccc(-c2nc(N)c(C#N)c(-c3sccc3C)c2C)cc1. The van der Waals surface area contributed by atoms with Crippen molar-refractivity contribution in [3.63, 3.8) is 0 Å². The van der Waals surface area contributed by atoms with E-state index in [1.54, 1.807) is 18.4 Å². The van der Waals surface area contributed by atoms with Gasteiger partial charge in [0.05, 0.1) is 12.8 Å². The van der Waals surface area contributed by atoms with Crippen molar-refractivity contribution in [3.05, 3.63) is 52.4 Å². The van der Waals surface area contributed by atoms with Crippen molar-refractivity contribution in [2.75, 3.05) is 12.8 Å². The molecule has 0 spiro atoms. The van der Waals surface area contributed by atoms with Gasteiger partial charge in [-0.2, -0.15) is 5.26 Å². The molecule has 3 aromatic rings. The zero-order valence-corrected chi connectivity index (χ0v) is 14.6. The van der Waals surface area contributed by atoms with E-state index in [1.807, 2.05) is 49.6 Å². The second-order valence-electron chi connectivity index (χ2n) is 5.49. The van der Waals surface area contributed by atoms with Crippen LogP contribution in [0.5, 0.6) is 5.75 Å². The standard InChI is InChI=1S/C19H17N3OS/c1-11-8-9-24-18(11)16-12(2)17(22-19(21)15(16)10-20)13-4-6-14(23-3)7-5-13/h4-9H,1-3H3,(H2,21,22). The summed E-state index contributed by atoms with van der Waals surface area (Å²) < 4.78 is 5.21. The van der Waals surface area contributed by atoms with Crippen LogP contribution in [0, 0.1) is 25.2 Å². The number of ether oxygens (including phenoxy) is 1. The lowest BCUT2D eigenvalue weighted by Crippen LogP contribution is -2.03. The first-order chi connectivity index (χ1) is 11.6. The van der Waals surface area contributed by atoms with Crippen molar-refractivity contribution in [3.8, 4) is 33.5 Å². The number of nitriles is 1. The Kier molecular flexibility index (Phi) is 4.24. The number of anilines is 1. The number of hydrogen-bond donors (Lipinski definition) is 1. The van der Waals surface area contributed by atoms with Gasteiger partial charge in [-0.3, -0.25) is 0 Å². The van der Waals surface area contributed by atoms with Gasteiger partial charge in [-0.05, 0) is 60.7 Å². The van der Waals surface area contributed by atoms with Crippen molar-refractivity contribution < 1.29 is 4.74 Å². The van der Waals surface area contributed by atoms with Crippen LogP contribution < -0.4 is 10.5 Å². The summed E-state index contributed by atoms with van der Waals surface area (Å²) in [7, 11) is 1.63. The Hall–Kier alpha value is -2.84. The molecule has 0 aliphatic carbocycles. The second-order valence-corrected chi connectivity index (χ2v) is 6.41. The first-order valence-corrected chi connectivity index (χ1v) is 8.33. The Morgan fingerprint density at radius 1 is 1.17 bits per heavy atom. The van der Waals surface area contributed by atoms with Crippen LogP contribution >= 0.6 is 11.3 Å². The number of rotatable bonds is 3. The topological polar surface area (TPSA) is 71.9 Å². The Morgan fingerprint density at radius 3 is 2.42 bits per heavy atom. The zero-order chi connectivity index (χ0) is 17.3. The van der Waals surface area contributed by atoms with Gasteiger partial charge >= 0.3 is 0 Å². The quantitative estimate of drug-likeness (QED) is 0.762. The van der Waals surface area contributed by atoms with E-state index in [0.717, 1.165) is 38.6 Å². The van der Waals surface area contributed by atoms with Crippen LogP contribution in [0.1, 0.15) is 16.7 Å². The van der Waals surface area contributed by atoms with E-state index in [-0.39, 0.29) is 5.82 Å². The third kappa shape index (κ3) is 2.61. The number of aryl methyl sites for hydroxylation is 1. The molecule has 0 bridgehead atoms. The van der Waals surface area contributed by atoms with E-state index in [2.05, 4.69) is 11.1 Å². The van der Waals surface area contributed by atoms with Gasteiger partial charge < -0.3 is 10.5 Å². The lowest BCUT2D eigenvalue weighted by Gasteiger charge is -2.15. The van der Waals surface area contributed by atoms with Gasteiger partial charge in [0.1, 0.15) is 23.2 Å². The highest BCUT2D eigenvalue weighted by Crippen LogP contribution is 2.39. The summed E-state index contributed by atoms with van der Waals surface area (Å²) in [5, 5.41) is 11.6. The molecule has 0 saturated heterocycles. The van der Waals surface area contributed by atoms with Crippen LogP contribution in [0.15, 0.2) is 35.7 Å². The van der Waals surface area contributed by atoms with E-state index in [0.29, 0.717) is 5.56 Å². The summed E-state index contributed by atoms with van der Waals surface area (Å²) >= 11 is 1.61. The number of hydrogen-bond acceptors (Lipinski definition) is 5. The molecule has 0 unspecified atom stereocenters. The molecular formula is C19H17N3OS. The van der Waals surface area contributed by atoms with Crippen LogP contribution in [0.4, 0.5) is 5.82 Å². The fraction of sp³-hybridized carbons (Fsp3) is 0.158. The van der Waals surface area contributed by atoms with Crippen molar-refractivity contribution >= 4 is 17.2 Å². The maximum Gasteiger partial charge on any atom is 0.142 e. The predicted molar refractivity (Wildman–Crippen MR) is 98.1 cm³/mol. The highest BCUT2D eigenvalue weighted by Gasteiger charge is 2.20. The summed E-state index contributed by atoms with van der Waals surface area (Å²) in [6.45, 7) is 4.03. The first-order valence-electron chi connectivity index (χ1n) is 7.46. The van der Waals surface area contributed by atoms with E-state index in [9.17, 15) is 5.26 Å². The number of methoxy groups -OCH3 is 1. The number of nitrogen functional groups attached to an aromatic ring is 1. The highest BCUT2D eigenvalue weighted by molar-refractivity contribution is 7.13. The number of nitrogens with two attached hydrogens (primary N) is 1. The second kappa shape index (κ2) is 6.34. The monoisotopic (exact) mass is 335 g/mol. The fourth-order valence-electron chi connectivity index (χ4n) is 2.75. The Bertz CT molecular complexity index is 936. The third-order valence-electron chi connectivity index (χ3n) is 4.03. The molecule has 0 aliphatic rings. The van der Waals surface area contributed by atoms with Gasteiger partial charge in [-0.15, -0.1) is 11.3 Å². The van der Waals surface area contributed by atoms with Gasteiger partial charge in [-0.25, -0.2) is 4.98 Å². The van der Waals surface area contributed by atoms with Crippen molar-refractivity contribution in [2.24, 2.45) is 0 Å². The van der Waals surface area contributed by atoms with Crippen LogP contribution in [-0.4, -0.2) is 12.1 Å². The van der Waals surface area contributed by atoms with E-state index in [1.165, 1.54) is 0 Å². The summed E-state index contributed by atoms with van der Waals surface area (Å²) in [6, 6.07) is 11.9. The Balaban J connectivity index is 2.28. The molecule has 2 heterocycles. The van der Waals surface area contributed by atoms with Gasteiger partial charge in [0.15, 0.2) is 0 Å². The lowest BCUT2D eigenvalue weighted by atomic mass is 9.95. The molecule has 0 aliphatic heterocycles. The van der Waals surface area contributed by atoms with Crippen LogP contribution in [-0.2, 0) is 0 Å². The molecule has 4 nitrogen and oxygen atoms in total. The van der Waals surface area contributed by atoms with Crippen molar-refractivity contribution in [2.45, 2.75) is 13.8 Å². The molecule has 2 aromatic heterocycles. The molecule has 2 N–H and O–H groups in total. The van der Waals surface area contributed by atoms with Crippen LogP contribution in [0.2, 0.25) is 0 Å². The third-order valence-corrected chi connectivity index (χ3v) is 5.07. The number of nitrogens with zero attached hydrogens (tertiary/aromatic N) is 2. The number of benzene rings is 1. The molecule has 0 fully saturated rings. The van der Waals surface area contributed by atoms with Gasteiger partial charge in [-0.1, -0.05) is 0 Å². The molecule has 3 rings (SSSR count). The molecule has 24 heavy (non-hydrogen) atoms. The van der Waals surface area contributed by atoms with Gasteiger partial charge in [0, 0.05) is 16.0 Å². The Morgan fingerprint density at radius 2 is 1.88 bits per heavy atom. The molecule has 0 amide bonds. The largest absolute Gasteiger partial charge is 0.497 e. The van der Waals surface area contributed by atoms with Crippen molar-refractivity contribution in [1.29, 1.82) is 5.26 Å².